The molecule has 4 heterocycles. The van der Waals surface area contributed by atoms with Gasteiger partial charge in [0.1, 0.15) is 34.5 Å². The Morgan fingerprint density at radius 3 is 1.72 bits per heavy atom. The van der Waals surface area contributed by atoms with Gasteiger partial charge in [0.25, 0.3) is 5.91 Å². The van der Waals surface area contributed by atoms with Crippen molar-refractivity contribution in [3.05, 3.63) is 161 Å². The van der Waals surface area contributed by atoms with Crippen molar-refractivity contribution in [3.8, 4) is 46.0 Å². The van der Waals surface area contributed by atoms with Crippen molar-refractivity contribution in [3.63, 3.8) is 0 Å². The molecule has 2 atom stereocenters. The number of ether oxygens (including phenoxy) is 6. The van der Waals surface area contributed by atoms with E-state index in [0.717, 1.165) is 27.6 Å². The summed E-state index contributed by atoms with van der Waals surface area (Å²) in [6.45, 7) is 2.30. The first-order chi connectivity index (χ1) is 28.5. The third-order valence-corrected chi connectivity index (χ3v) is 10.8. The highest BCUT2D eigenvalue weighted by Crippen LogP contribution is 2.50. The van der Waals surface area contributed by atoms with Crippen LogP contribution in [0.15, 0.2) is 134 Å². The van der Waals surface area contributed by atoms with E-state index in [1.54, 1.807) is 14.2 Å². The standard InChI is InChI=1S/C47H38N4O7/c1-53-31-16-18-40-35(25-31)44(33-12-6-8-14-38(33)55-40)57-42-24-30-28-48-47(51-22-20-50(21-23-51)46(52)29-10-4-3-5-11-29)49-37(30)27-43(42)58-45-34-13-7-9-15-39(34)56-41-19-17-32(54-2)26-36(41)45/h3-19,24-28,44-45H,20-23H2,1-2H3. The van der Waals surface area contributed by atoms with E-state index in [1.165, 1.54) is 0 Å². The van der Waals surface area contributed by atoms with Crippen molar-refractivity contribution in [2.45, 2.75) is 12.2 Å². The average Bonchev–Trinajstić information content (AvgIpc) is 3.28. The van der Waals surface area contributed by atoms with Crippen molar-refractivity contribution >= 4 is 22.8 Å². The maximum Gasteiger partial charge on any atom is 0.253 e. The molecule has 10 rings (SSSR count). The van der Waals surface area contributed by atoms with Gasteiger partial charge in [-0.1, -0.05) is 54.6 Å². The van der Waals surface area contributed by atoms with Crippen molar-refractivity contribution < 1.29 is 33.2 Å². The summed E-state index contributed by atoms with van der Waals surface area (Å²) in [6.07, 6.45) is 0.661. The molecule has 1 amide bonds. The summed E-state index contributed by atoms with van der Waals surface area (Å²) >= 11 is 0. The van der Waals surface area contributed by atoms with Gasteiger partial charge >= 0.3 is 0 Å². The Kier molecular flexibility index (Phi) is 8.89. The largest absolute Gasteiger partial charge is 0.497 e. The zero-order valence-corrected chi connectivity index (χ0v) is 31.8. The van der Waals surface area contributed by atoms with Crippen LogP contribution in [0, 0.1) is 0 Å². The summed E-state index contributed by atoms with van der Waals surface area (Å²) in [4.78, 5) is 27.0. The van der Waals surface area contributed by atoms with Crippen LogP contribution in [-0.4, -0.2) is 61.2 Å². The van der Waals surface area contributed by atoms with Crippen LogP contribution in [-0.2, 0) is 0 Å². The molecule has 0 bridgehead atoms. The third kappa shape index (κ3) is 6.40. The Morgan fingerprint density at radius 1 is 0.603 bits per heavy atom. The second-order valence-corrected chi connectivity index (χ2v) is 14.3. The maximum atomic E-state index is 13.2. The first kappa shape index (κ1) is 35.2. The smallest absolute Gasteiger partial charge is 0.253 e. The summed E-state index contributed by atoms with van der Waals surface area (Å²) in [7, 11) is 3.28. The van der Waals surface area contributed by atoms with Crippen molar-refractivity contribution in [2.24, 2.45) is 0 Å². The number of anilines is 1. The van der Waals surface area contributed by atoms with Gasteiger partial charge < -0.3 is 38.2 Å². The van der Waals surface area contributed by atoms with E-state index in [1.807, 2.05) is 138 Å². The normalized spacial score (nSPS) is 16.4. The number of rotatable bonds is 8. The number of para-hydroxylation sites is 2. The van der Waals surface area contributed by atoms with E-state index in [-0.39, 0.29) is 5.91 Å². The molecule has 0 radical (unpaired) electrons. The molecular formula is C47H38N4O7. The van der Waals surface area contributed by atoms with Gasteiger partial charge in [-0.05, 0) is 66.7 Å². The number of piperazine rings is 1. The van der Waals surface area contributed by atoms with Gasteiger partial charge in [-0.3, -0.25) is 4.79 Å². The molecule has 7 aromatic rings. The van der Waals surface area contributed by atoms with E-state index in [4.69, 9.17) is 38.4 Å². The van der Waals surface area contributed by atoms with E-state index in [9.17, 15) is 4.79 Å². The number of hydrogen-bond donors (Lipinski definition) is 0. The molecule has 1 saturated heterocycles. The monoisotopic (exact) mass is 770 g/mol. The van der Waals surface area contributed by atoms with Crippen LogP contribution >= 0.6 is 0 Å². The molecule has 3 aliphatic heterocycles. The Labute approximate surface area is 334 Å². The van der Waals surface area contributed by atoms with Crippen LogP contribution in [0.1, 0.15) is 44.8 Å². The van der Waals surface area contributed by atoms with Gasteiger partial charge in [-0.25, -0.2) is 9.97 Å². The van der Waals surface area contributed by atoms with Gasteiger partial charge in [0.05, 0.1) is 19.7 Å². The molecule has 1 fully saturated rings. The van der Waals surface area contributed by atoms with Gasteiger partial charge in [0.15, 0.2) is 23.7 Å². The minimum Gasteiger partial charge on any atom is -0.497 e. The topological polar surface area (TPSA) is 105 Å². The number of amides is 1. The van der Waals surface area contributed by atoms with Crippen LogP contribution in [0.3, 0.4) is 0 Å². The molecule has 11 nitrogen and oxygen atoms in total. The minimum atomic E-state index is -0.583. The highest BCUT2D eigenvalue weighted by atomic mass is 16.5. The molecular weight excluding hydrogens is 733 g/mol. The first-order valence-corrected chi connectivity index (χ1v) is 19.2. The lowest BCUT2D eigenvalue weighted by Crippen LogP contribution is -2.49. The van der Waals surface area contributed by atoms with Gasteiger partial charge in [0, 0.05) is 71.6 Å². The van der Waals surface area contributed by atoms with Crippen molar-refractivity contribution in [1.29, 1.82) is 0 Å². The van der Waals surface area contributed by atoms with Gasteiger partial charge in [-0.2, -0.15) is 0 Å². The van der Waals surface area contributed by atoms with Crippen molar-refractivity contribution in [1.82, 2.24) is 14.9 Å². The van der Waals surface area contributed by atoms with Crippen LogP contribution in [0.4, 0.5) is 5.95 Å². The number of fused-ring (bicyclic) bond motifs is 5. The highest BCUT2D eigenvalue weighted by Gasteiger charge is 2.34. The Morgan fingerprint density at radius 2 is 1.14 bits per heavy atom. The zero-order valence-electron chi connectivity index (χ0n) is 31.8. The molecule has 6 aromatic carbocycles. The van der Waals surface area contributed by atoms with Crippen LogP contribution < -0.4 is 33.3 Å². The number of benzene rings is 6. The Bertz CT molecular complexity index is 2680. The summed E-state index contributed by atoms with van der Waals surface area (Å²) in [6, 6.07) is 40.4. The first-order valence-electron chi connectivity index (χ1n) is 19.2. The number of carbonyl (C=O) groups is 1. The molecule has 11 heteroatoms. The quantitative estimate of drug-likeness (QED) is 0.149. The van der Waals surface area contributed by atoms with E-state index >= 15 is 0 Å². The lowest BCUT2D eigenvalue weighted by molar-refractivity contribution is 0.0746. The predicted molar refractivity (Wildman–Crippen MR) is 218 cm³/mol. The number of carbonyl (C=O) groups excluding carboxylic acids is 1. The fraction of sp³-hybridized carbons (Fsp3) is 0.170. The Balaban J connectivity index is 1.05. The minimum absolute atomic E-state index is 0.0242. The van der Waals surface area contributed by atoms with Crippen LogP contribution in [0.2, 0.25) is 0 Å². The Hall–Kier alpha value is -7.27. The SMILES string of the molecule is COc1ccc2c(c1)C(Oc1cc3cnc(N4CCN(C(=O)c5ccccc5)CC4)nc3cc1OC1c3ccccc3Oc3ccc(OC)cc31)c1ccccc1O2. The molecule has 288 valence electrons. The van der Waals surface area contributed by atoms with E-state index in [2.05, 4.69) is 4.90 Å². The summed E-state index contributed by atoms with van der Waals surface area (Å²) in [5.41, 5.74) is 4.69. The number of aromatic nitrogens is 2. The van der Waals surface area contributed by atoms with Crippen LogP contribution in [0.5, 0.6) is 46.0 Å². The predicted octanol–water partition coefficient (Wildman–Crippen LogP) is 9.16. The molecule has 0 saturated carbocycles. The van der Waals surface area contributed by atoms with Gasteiger partial charge in [0.2, 0.25) is 5.95 Å². The summed E-state index contributed by atoms with van der Waals surface area (Å²) in [5, 5.41) is 0.768. The van der Waals surface area contributed by atoms with Crippen LogP contribution in [0.25, 0.3) is 10.9 Å². The molecule has 2 unspecified atom stereocenters. The molecule has 0 spiro atoms. The van der Waals surface area contributed by atoms with E-state index in [0.29, 0.717) is 89.2 Å². The molecule has 3 aliphatic rings. The number of hydrogen-bond acceptors (Lipinski definition) is 10. The fourth-order valence-corrected chi connectivity index (χ4v) is 7.80. The molecule has 58 heavy (non-hydrogen) atoms. The summed E-state index contributed by atoms with van der Waals surface area (Å²) in [5.74, 6) is 5.65. The second-order valence-electron chi connectivity index (χ2n) is 14.3. The summed E-state index contributed by atoms with van der Waals surface area (Å²) < 4.78 is 38.2. The lowest BCUT2D eigenvalue weighted by atomic mass is 9.96. The molecule has 0 N–H and O–H groups in total. The number of nitrogens with zero attached hydrogens (tertiary/aromatic N) is 4. The average molecular weight is 771 g/mol. The number of methoxy groups -OCH3 is 2. The highest BCUT2D eigenvalue weighted by molar-refractivity contribution is 5.94. The van der Waals surface area contributed by atoms with Crippen molar-refractivity contribution in [2.75, 3.05) is 45.3 Å². The van der Waals surface area contributed by atoms with E-state index < -0.39 is 12.2 Å². The fourth-order valence-electron chi connectivity index (χ4n) is 7.80. The molecule has 0 aliphatic carbocycles. The maximum absolute atomic E-state index is 13.2. The molecule has 1 aromatic heterocycles. The lowest BCUT2D eigenvalue weighted by Gasteiger charge is -2.35. The second kappa shape index (κ2) is 14.7. The van der Waals surface area contributed by atoms with Gasteiger partial charge in [-0.15, -0.1) is 0 Å². The zero-order chi connectivity index (χ0) is 39.2. The third-order valence-electron chi connectivity index (χ3n) is 10.8.